The highest BCUT2D eigenvalue weighted by Gasteiger charge is 2.10. The lowest BCUT2D eigenvalue weighted by molar-refractivity contribution is 0.229. The molecule has 0 bridgehead atoms. The Labute approximate surface area is 196 Å². The SMILES string of the molecule is CCCCN(CCCC)CCCOc1ccc(-c2cnc3sc(C)nn23)cc1.Cl.Cl. The van der Waals surface area contributed by atoms with Crippen molar-refractivity contribution >= 4 is 41.1 Å². The molecule has 0 fully saturated rings. The van der Waals surface area contributed by atoms with Gasteiger partial charge in [-0.1, -0.05) is 38.0 Å². The van der Waals surface area contributed by atoms with E-state index in [4.69, 9.17) is 4.74 Å². The number of nitrogens with zero attached hydrogens (tertiary/aromatic N) is 4. The Kier molecular flexibility index (Phi) is 12.3. The molecule has 0 saturated carbocycles. The first kappa shape index (κ1) is 26.7. The predicted octanol–water partition coefficient (Wildman–Crippen LogP) is 6.28. The van der Waals surface area contributed by atoms with E-state index in [1.165, 1.54) is 38.8 Å². The fourth-order valence-corrected chi connectivity index (χ4v) is 4.00. The molecule has 0 atom stereocenters. The Bertz CT molecular complexity index is 843. The quantitative estimate of drug-likeness (QED) is 0.290. The van der Waals surface area contributed by atoms with Crippen molar-refractivity contribution in [3.63, 3.8) is 0 Å². The molecule has 30 heavy (non-hydrogen) atoms. The standard InChI is InChI=1S/C22H32N4OS.2ClH/c1-4-6-13-25(14-7-5-2)15-8-16-27-20-11-9-19(10-12-20)21-17-23-22-26(21)24-18(3)28-22;;/h9-12,17H,4-8,13-16H2,1-3H3;2*1H. The third kappa shape index (κ3) is 7.41. The molecule has 0 aliphatic carbocycles. The molecule has 3 aromatic rings. The molecule has 0 amide bonds. The van der Waals surface area contributed by atoms with Crippen molar-refractivity contribution in [1.82, 2.24) is 19.5 Å². The number of imidazole rings is 1. The van der Waals surface area contributed by atoms with E-state index >= 15 is 0 Å². The Morgan fingerprint density at radius 1 is 0.967 bits per heavy atom. The van der Waals surface area contributed by atoms with E-state index in [-0.39, 0.29) is 24.8 Å². The summed E-state index contributed by atoms with van der Waals surface area (Å²) in [5, 5.41) is 5.55. The number of hydrogen-bond donors (Lipinski definition) is 0. The molecule has 0 aliphatic rings. The second-order valence-corrected chi connectivity index (χ2v) is 8.39. The van der Waals surface area contributed by atoms with E-state index < -0.39 is 0 Å². The summed E-state index contributed by atoms with van der Waals surface area (Å²) in [6.45, 7) is 10.8. The average Bonchev–Trinajstić information content (AvgIpc) is 3.26. The van der Waals surface area contributed by atoms with Crippen LogP contribution in [0.15, 0.2) is 30.5 Å². The van der Waals surface area contributed by atoms with Crippen molar-refractivity contribution in [3.05, 3.63) is 35.5 Å². The maximum absolute atomic E-state index is 5.97. The third-order valence-corrected chi connectivity index (χ3v) is 5.72. The monoisotopic (exact) mass is 472 g/mol. The minimum absolute atomic E-state index is 0. The van der Waals surface area contributed by atoms with E-state index in [9.17, 15) is 0 Å². The number of aromatic nitrogens is 3. The summed E-state index contributed by atoms with van der Waals surface area (Å²) in [7, 11) is 0. The molecule has 2 aromatic heterocycles. The number of rotatable bonds is 12. The minimum Gasteiger partial charge on any atom is -0.494 e. The van der Waals surface area contributed by atoms with Gasteiger partial charge < -0.3 is 9.64 Å². The average molecular weight is 474 g/mol. The zero-order valence-electron chi connectivity index (χ0n) is 18.2. The summed E-state index contributed by atoms with van der Waals surface area (Å²) >= 11 is 1.61. The van der Waals surface area contributed by atoms with Crippen LogP contribution in [0, 0.1) is 6.92 Å². The lowest BCUT2D eigenvalue weighted by Crippen LogP contribution is -2.28. The van der Waals surface area contributed by atoms with Crippen LogP contribution < -0.4 is 4.74 Å². The van der Waals surface area contributed by atoms with Crippen molar-refractivity contribution < 1.29 is 4.74 Å². The molecule has 1 aromatic carbocycles. The van der Waals surface area contributed by atoms with Crippen LogP contribution in [-0.4, -0.2) is 45.7 Å². The van der Waals surface area contributed by atoms with Gasteiger partial charge in [-0.05, 0) is 63.5 Å². The highest BCUT2D eigenvalue weighted by Crippen LogP contribution is 2.25. The van der Waals surface area contributed by atoms with Crippen LogP contribution in [-0.2, 0) is 0 Å². The van der Waals surface area contributed by atoms with Gasteiger partial charge in [0.1, 0.15) is 10.8 Å². The van der Waals surface area contributed by atoms with E-state index in [1.54, 1.807) is 11.3 Å². The molecule has 3 rings (SSSR count). The number of aryl methyl sites for hydroxylation is 1. The predicted molar refractivity (Wildman–Crippen MR) is 132 cm³/mol. The van der Waals surface area contributed by atoms with Gasteiger partial charge >= 0.3 is 0 Å². The van der Waals surface area contributed by atoms with Gasteiger partial charge in [0.2, 0.25) is 4.96 Å². The summed E-state index contributed by atoms with van der Waals surface area (Å²) in [5.74, 6) is 0.924. The van der Waals surface area contributed by atoms with Crippen LogP contribution in [0.4, 0.5) is 0 Å². The number of ether oxygens (including phenoxy) is 1. The zero-order chi connectivity index (χ0) is 19.8. The van der Waals surface area contributed by atoms with Gasteiger partial charge in [-0.2, -0.15) is 5.10 Å². The lowest BCUT2D eigenvalue weighted by Gasteiger charge is -2.21. The zero-order valence-corrected chi connectivity index (χ0v) is 20.6. The summed E-state index contributed by atoms with van der Waals surface area (Å²) in [5.41, 5.74) is 2.13. The molecule has 0 unspecified atom stereocenters. The molecular weight excluding hydrogens is 439 g/mol. The van der Waals surface area contributed by atoms with Gasteiger partial charge in [0.15, 0.2) is 0 Å². The van der Waals surface area contributed by atoms with Crippen molar-refractivity contribution in [2.75, 3.05) is 26.2 Å². The Morgan fingerprint density at radius 3 is 2.23 bits per heavy atom. The van der Waals surface area contributed by atoms with Crippen molar-refractivity contribution in [2.45, 2.75) is 52.9 Å². The summed E-state index contributed by atoms with van der Waals surface area (Å²) in [6.07, 6.45) is 8.04. The van der Waals surface area contributed by atoms with Crippen molar-refractivity contribution in [2.24, 2.45) is 0 Å². The molecule has 8 heteroatoms. The number of fused-ring (bicyclic) bond motifs is 1. The Morgan fingerprint density at radius 2 is 1.60 bits per heavy atom. The third-order valence-electron chi connectivity index (χ3n) is 4.88. The van der Waals surface area contributed by atoms with E-state index in [0.717, 1.165) is 46.5 Å². The van der Waals surface area contributed by atoms with Crippen LogP contribution in [0.25, 0.3) is 16.2 Å². The maximum Gasteiger partial charge on any atom is 0.212 e. The normalized spacial score (nSPS) is 10.8. The lowest BCUT2D eigenvalue weighted by atomic mass is 10.1. The Hall–Kier alpha value is -1.34. The van der Waals surface area contributed by atoms with Crippen LogP contribution in [0.3, 0.4) is 0 Å². The molecule has 0 spiro atoms. The van der Waals surface area contributed by atoms with Gasteiger partial charge in [0.25, 0.3) is 0 Å². The number of unbranched alkanes of at least 4 members (excludes halogenated alkanes) is 2. The second-order valence-electron chi connectivity index (χ2n) is 7.23. The van der Waals surface area contributed by atoms with Gasteiger partial charge in [0, 0.05) is 12.1 Å². The summed E-state index contributed by atoms with van der Waals surface area (Å²) in [6, 6.07) is 8.25. The Balaban J connectivity index is 0.00000225. The molecule has 5 nitrogen and oxygen atoms in total. The first-order chi connectivity index (χ1) is 13.7. The van der Waals surface area contributed by atoms with Crippen LogP contribution >= 0.6 is 36.2 Å². The first-order valence-electron chi connectivity index (χ1n) is 10.5. The molecule has 0 N–H and O–H groups in total. The maximum atomic E-state index is 5.97. The number of halogens is 2. The summed E-state index contributed by atoms with van der Waals surface area (Å²) in [4.78, 5) is 7.96. The summed E-state index contributed by atoms with van der Waals surface area (Å²) < 4.78 is 7.88. The molecule has 0 saturated heterocycles. The van der Waals surface area contributed by atoms with Crippen LogP contribution in [0.1, 0.15) is 51.0 Å². The van der Waals surface area contributed by atoms with Gasteiger partial charge in [-0.25, -0.2) is 9.50 Å². The first-order valence-corrected chi connectivity index (χ1v) is 11.3. The highest BCUT2D eigenvalue weighted by atomic mass is 35.5. The fourth-order valence-electron chi connectivity index (χ4n) is 3.28. The molecule has 2 heterocycles. The largest absolute Gasteiger partial charge is 0.494 e. The van der Waals surface area contributed by atoms with Crippen molar-refractivity contribution in [3.8, 4) is 17.0 Å². The van der Waals surface area contributed by atoms with Crippen LogP contribution in [0.5, 0.6) is 5.75 Å². The molecule has 0 radical (unpaired) electrons. The van der Waals surface area contributed by atoms with Gasteiger partial charge in [-0.15, -0.1) is 24.8 Å². The van der Waals surface area contributed by atoms with E-state index in [0.29, 0.717) is 0 Å². The highest BCUT2D eigenvalue weighted by molar-refractivity contribution is 7.16. The van der Waals surface area contributed by atoms with E-state index in [2.05, 4.69) is 41.0 Å². The smallest absolute Gasteiger partial charge is 0.212 e. The number of hydrogen-bond acceptors (Lipinski definition) is 5. The fraction of sp³-hybridized carbons (Fsp3) is 0.545. The molecular formula is C22H34Cl2N4OS. The van der Waals surface area contributed by atoms with E-state index in [1.807, 2.05) is 29.8 Å². The second kappa shape index (κ2) is 13.9. The van der Waals surface area contributed by atoms with Gasteiger partial charge in [-0.3, -0.25) is 0 Å². The molecule has 0 aliphatic heterocycles. The van der Waals surface area contributed by atoms with Crippen LogP contribution in [0.2, 0.25) is 0 Å². The van der Waals surface area contributed by atoms with Gasteiger partial charge in [0.05, 0.1) is 18.5 Å². The van der Waals surface area contributed by atoms with Crippen molar-refractivity contribution in [1.29, 1.82) is 0 Å². The minimum atomic E-state index is 0. The molecule has 168 valence electrons. The number of benzene rings is 1. The topological polar surface area (TPSA) is 42.7 Å².